The van der Waals surface area contributed by atoms with Crippen LogP contribution < -0.4 is 5.32 Å². The number of alkyl carbamates (subject to hydrolysis) is 1. The number of nitrogens with zero attached hydrogens (tertiary/aromatic N) is 1. The summed E-state index contributed by atoms with van der Waals surface area (Å²) >= 11 is 0. The van der Waals surface area contributed by atoms with E-state index >= 15 is 0 Å². The van der Waals surface area contributed by atoms with Crippen LogP contribution in [0.1, 0.15) is 39.3 Å². The molecule has 0 saturated heterocycles. The minimum Gasteiger partial charge on any atom is -0.502 e. The average Bonchev–Trinajstić information content (AvgIpc) is 3.10. The predicted molar refractivity (Wildman–Crippen MR) is 94.7 cm³/mol. The molecule has 4 N–H and O–H groups in total. The van der Waals surface area contributed by atoms with E-state index in [4.69, 9.17) is 14.9 Å². The average molecular weight is 369 g/mol. The van der Waals surface area contributed by atoms with Crippen molar-refractivity contribution < 1.29 is 29.3 Å². The molecule has 0 spiro atoms. The third kappa shape index (κ3) is 12.6. The number of allylic oxidation sites excluding steroid dienone is 2. The molecule has 9 nitrogen and oxygen atoms in total. The first-order valence-electron chi connectivity index (χ1n) is 8.10. The van der Waals surface area contributed by atoms with Crippen LogP contribution in [0.5, 0.6) is 0 Å². The summed E-state index contributed by atoms with van der Waals surface area (Å²) in [5, 5.41) is 19.1. The van der Waals surface area contributed by atoms with Crippen molar-refractivity contribution >= 4 is 18.7 Å². The van der Waals surface area contributed by atoms with Crippen molar-refractivity contribution in [1.29, 1.82) is 0 Å². The molecular weight excluding hydrogens is 342 g/mol. The third-order valence-electron chi connectivity index (χ3n) is 3.01. The molecule has 0 fully saturated rings. The molecule has 0 aliphatic rings. The Hall–Kier alpha value is -2.84. The number of aromatic nitrogens is 2. The monoisotopic (exact) mass is 369 g/mol. The second-order valence-electron chi connectivity index (χ2n) is 6.56. The Bertz CT molecular complexity index is 560. The van der Waals surface area contributed by atoms with Gasteiger partial charge in [0.05, 0.1) is 12.9 Å². The van der Waals surface area contributed by atoms with Crippen LogP contribution in [0.15, 0.2) is 24.0 Å². The Morgan fingerprint density at radius 2 is 1.88 bits per heavy atom. The standard InChI is InChI=1S/C13H23N3O2.C4H4O4/c1-13(2,3)6-7-15-12(17)18-8-4-5-11-9-14-10-16-11;5-1-3(7)4(8)2-6/h9-10H,4-8H2,1-3H3,(H,14,16)(H,15,17);1-2,7-8H/b;4-3+. The molecular formula is C17H27N3O6. The molecule has 1 aromatic heterocycles. The van der Waals surface area contributed by atoms with E-state index in [1.54, 1.807) is 12.5 Å². The summed E-state index contributed by atoms with van der Waals surface area (Å²) in [6.45, 7) is 7.52. The zero-order valence-corrected chi connectivity index (χ0v) is 15.3. The molecule has 26 heavy (non-hydrogen) atoms. The lowest BCUT2D eigenvalue weighted by molar-refractivity contribution is -0.110. The number of ether oxygens (including phenoxy) is 1. The van der Waals surface area contributed by atoms with E-state index < -0.39 is 11.5 Å². The summed E-state index contributed by atoms with van der Waals surface area (Å²) in [6.07, 6.45) is 5.64. The highest BCUT2D eigenvalue weighted by Gasteiger charge is 2.10. The van der Waals surface area contributed by atoms with Crippen molar-refractivity contribution in [3.63, 3.8) is 0 Å². The lowest BCUT2D eigenvalue weighted by Crippen LogP contribution is -2.28. The van der Waals surface area contributed by atoms with Gasteiger partial charge in [0.25, 0.3) is 0 Å². The minimum absolute atomic E-state index is 0.0241. The first-order chi connectivity index (χ1) is 12.2. The van der Waals surface area contributed by atoms with Crippen LogP contribution in [0, 0.1) is 5.41 Å². The molecule has 0 saturated carbocycles. The zero-order valence-electron chi connectivity index (χ0n) is 15.3. The SMILES string of the molecule is CC(C)(C)CCNC(=O)OCCCc1cnc[nH]1.O=C/C(O)=C(\O)C=O. The minimum atomic E-state index is -0.944. The maximum absolute atomic E-state index is 11.3. The number of aromatic amines is 1. The quantitative estimate of drug-likeness (QED) is 0.238. The Labute approximate surface area is 152 Å². The van der Waals surface area contributed by atoms with Gasteiger partial charge in [-0.1, -0.05) is 20.8 Å². The Kier molecular flexibility index (Phi) is 11.1. The summed E-state index contributed by atoms with van der Waals surface area (Å²) in [6, 6.07) is 0. The van der Waals surface area contributed by atoms with E-state index in [2.05, 4.69) is 36.1 Å². The van der Waals surface area contributed by atoms with E-state index in [1.165, 1.54) is 0 Å². The topological polar surface area (TPSA) is 142 Å². The number of rotatable bonds is 8. The van der Waals surface area contributed by atoms with Gasteiger partial charge in [-0.15, -0.1) is 0 Å². The fourth-order valence-corrected chi connectivity index (χ4v) is 1.56. The molecule has 1 heterocycles. The number of H-pyrrole nitrogens is 1. The Balaban J connectivity index is 0.000000660. The highest BCUT2D eigenvalue weighted by molar-refractivity contribution is 5.81. The number of aldehydes is 2. The molecule has 1 rings (SSSR count). The van der Waals surface area contributed by atoms with Crippen LogP contribution in [0.3, 0.4) is 0 Å². The highest BCUT2D eigenvalue weighted by atomic mass is 16.5. The molecule has 0 aromatic carbocycles. The third-order valence-corrected chi connectivity index (χ3v) is 3.01. The smallest absolute Gasteiger partial charge is 0.407 e. The van der Waals surface area contributed by atoms with Gasteiger partial charge in [0.1, 0.15) is 0 Å². The lowest BCUT2D eigenvalue weighted by atomic mass is 9.92. The Morgan fingerprint density at radius 3 is 2.35 bits per heavy atom. The first-order valence-corrected chi connectivity index (χ1v) is 8.10. The largest absolute Gasteiger partial charge is 0.502 e. The molecule has 146 valence electrons. The molecule has 1 amide bonds. The van der Waals surface area contributed by atoms with E-state index in [-0.39, 0.29) is 24.1 Å². The van der Waals surface area contributed by atoms with Crippen LogP contribution in [0.2, 0.25) is 0 Å². The maximum atomic E-state index is 11.3. The second-order valence-corrected chi connectivity index (χ2v) is 6.56. The number of hydrogen-bond acceptors (Lipinski definition) is 7. The number of carbonyl (C=O) groups excluding carboxylic acids is 3. The normalized spacial score (nSPS) is 11.5. The van der Waals surface area contributed by atoms with Gasteiger partial charge in [0, 0.05) is 18.4 Å². The maximum Gasteiger partial charge on any atom is 0.407 e. The molecule has 1 aromatic rings. The molecule has 9 heteroatoms. The number of hydrogen-bond donors (Lipinski definition) is 4. The van der Waals surface area contributed by atoms with Crippen molar-refractivity contribution in [2.75, 3.05) is 13.2 Å². The number of aliphatic hydroxyl groups is 2. The van der Waals surface area contributed by atoms with Gasteiger partial charge in [-0.3, -0.25) is 9.59 Å². The van der Waals surface area contributed by atoms with Crippen molar-refractivity contribution in [2.24, 2.45) is 5.41 Å². The van der Waals surface area contributed by atoms with Crippen molar-refractivity contribution in [3.05, 3.63) is 29.7 Å². The van der Waals surface area contributed by atoms with Gasteiger partial charge in [0.2, 0.25) is 11.5 Å². The zero-order chi connectivity index (χ0) is 20.0. The van der Waals surface area contributed by atoms with Crippen LogP contribution in [0.25, 0.3) is 0 Å². The van der Waals surface area contributed by atoms with E-state index in [1.807, 2.05) is 0 Å². The lowest BCUT2D eigenvalue weighted by Gasteiger charge is -2.17. The number of aliphatic hydroxyl groups excluding tert-OH is 2. The number of imidazole rings is 1. The van der Waals surface area contributed by atoms with Gasteiger partial charge < -0.3 is 25.3 Å². The summed E-state index contributed by atoms with van der Waals surface area (Å²) in [5.41, 5.74) is 1.29. The van der Waals surface area contributed by atoms with E-state index in [0.29, 0.717) is 13.2 Å². The Morgan fingerprint density at radius 1 is 1.27 bits per heavy atom. The molecule has 0 bridgehead atoms. The predicted octanol–water partition coefficient (Wildman–Crippen LogP) is 2.22. The summed E-state index contributed by atoms with van der Waals surface area (Å²) in [7, 11) is 0. The van der Waals surface area contributed by atoms with Gasteiger partial charge >= 0.3 is 6.09 Å². The van der Waals surface area contributed by atoms with Crippen molar-refractivity contribution in [2.45, 2.75) is 40.0 Å². The number of amides is 1. The van der Waals surface area contributed by atoms with E-state index in [0.717, 1.165) is 25.0 Å². The van der Waals surface area contributed by atoms with Crippen LogP contribution >= 0.6 is 0 Å². The number of aryl methyl sites for hydroxylation is 1. The van der Waals surface area contributed by atoms with E-state index in [9.17, 15) is 14.4 Å². The van der Waals surface area contributed by atoms with Crippen LogP contribution in [0.4, 0.5) is 4.79 Å². The first kappa shape index (κ1) is 23.2. The highest BCUT2D eigenvalue weighted by Crippen LogP contribution is 2.16. The van der Waals surface area contributed by atoms with Crippen molar-refractivity contribution in [1.82, 2.24) is 15.3 Å². The second kappa shape index (κ2) is 12.5. The van der Waals surface area contributed by atoms with Gasteiger partial charge in [-0.05, 0) is 24.7 Å². The van der Waals surface area contributed by atoms with Gasteiger partial charge in [-0.25, -0.2) is 9.78 Å². The van der Waals surface area contributed by atoms with Crippen LogP contribution in [-0.2, 0) is 20.7 Å². The summed E-state index contributed by atoms with van der Waals surface area (Å²) in [5.74, 6) is -1.89. The molecule has 0 aliphatic heterocycles. The molecule has 0 radical (unpaired) electrons. The summed E-state index contributed by atoms with van der Waals surface area (Å²) < 4.78 is 5.07. The molecule has 0 aliphatic carbocycles. The van der Waals surface area contributed by atoms with Gasteiger partial charge in [-0.2, -0.15) is 0 Å². The number of nitrogens with one attached hydrogen (secondary N) is 2. The molecule has 0 unspecified atom stereocenters. The van der Waals surface area contributed by atoms with Gasteiger partial charge in [0.15, 0.2) is 12.6 Å². The fraction of sp³-hybridized carbons (Fsp3) is 0.529. The summed E-state index contributed by atoms with van der Waals surface area (Å²) in [4.78, 5) is 37.2. The fourth-order valence-electron chi connectivity index (χ4n) is 1.56. The van der Waals surface area contributed by atoms with Crippen molar-refractivity contribution in [3.8, 4) is 0 Å². The van der Waals surface area contributed by atoms with Crippen LogP contribution in [-0.4, -0.2) is 52.0 Å². The molecule has 0 atom stereocenters. The number of carbonyl (C=O) groups is 3.